The van der Waals surface area contributed by atoms with E-state index in [1.54, 1.807) is 0 Å². The summed E-state index contributed by atoms with van der Waals surface area (Å²) in [4.78, 5) is 28.4. The van der Waals surface area contributed by atoms with Crippen molar-refractivity contribution >= 4 is 17.9 Å². The number of primary amides is 1. The third-order valence-corrected chi connectivity index (χ3v) is 1.25. The Morgan fingerprint density at radius 3 is 1.94 bits per heavy atom. The molecule has 0 aliphatic carbocycles. The first-order valence-corrected chi connectivity index (χ1v) is 3.96. The summed E-state index contributed by atoms with van der Waals surface area (Å²) in [5, 5.41) is 25.6. The molecule has 0 fully saturated rings. The third-order valence-electron chi connectivity index (χ3n) is 1.25. The minimum atomic E-state index is -1.45. The second kappa shape index (κ2) is 6.61. The van der Waals surface area contributed by atoms with Gasteiger partial charge in [-0.05, 0) is 12.1 Å². The molecule has 0 saturated carbocycles. The van der Waals surface area contributed by atoms with Gasteiger partial charge in [0.2, 0.25) is 0 Å². The monoisotopic (exact) mass is 244 g/mol. The summed E-state index contributed by atoms with van der Waals surface area (Å²) in [5.74, 6) is 0.0538. The van der Waals surface area contributed by atoms with Crippen LogP contribution in [0.3, 0.4) is 0 Å². The number of carboxylic acid groups (broad SMARTS) is 2. The molecule has 0 unspecified atom stereocenters. The first-order chi connectivity index (χ1) is 7.82. The van der Waals surface area contributed by atoms with E-state index in [1.165, 1.54) is 12.1 Å². The number of amides is 1. The van der Waals surface area contributed by atoms with E-state index < -0.39 is 17.2 Å². The average Bonchev–Trinajstić information content (AvgIpc) is 2.16. The quantitative estimate of drug-likeness (QED) is 0.306. The van der Waals surface area contributed by atoms with Gasteiger partial charge in [0.25, 0.3) is 5.69 Å². The highest BCUT2D eigenvalue weighted by molar-refractivity contribution is 5.61. The number of ether oxygens (including phenoxy) is 1. The van der Waals surface area contributed by atoms with Gasteiger partial charge in [0.15, 0.2) is 0 Å². The van der Waals surface area contributed by atoms with Gasteiger partial charge in [-0.25, -0.2) is 9.59 Å². The number of nitrogens with zero attached hydrogens (tertiary/aromatic N) is 1. The topological polar surface area (TPSA) is 153 Å². The number of non-ortho nitro benzene ring substituents is 1. The zero-order valence-corrected chi connectivity index (χ0v) is 8.27. The Balaban J connectivity index is 0.000000557. The Hall–Kier alpha value is -2.84. The molecule has 9 nitrogen and oxygen atoms in total. The highest BCUT2D eigenvalue weighted by Crippen LogP contribution is 2.17. The van der Waals surface area contributed by atoms with Crippen LogP contribution in [0.15, 0.2) is 24.3 Å². The van der Waals surface area contributed by atoms with Crippen molar-refractivity contribution in [2.45, 2.75) is 0 Å². The lowest BCUT2D eigenvalue weighted by atomic mass is 10.3. The first-order valence-electron chi connectivity index (χ1n) is 3.96. The maximum absolute atomic E-state index is 10.2. The maximum atomic E-state index is 10.2. The first kappa shape index (κ1) is 14.2. The van der Waals surface area contributed by atoms with E-state index in [4.69, 9.17) is 15.0 Å². The van der Waals surface area contributed by atoms with Gasteiger partial charge in [-0.15, -0.1) is 0 Å². The Morgan fingerprint density at radius 2 is 1.65 bits per heavy atom. The summed E-state index contributed by atoms with van der Waals surface area (Å²) in [5.41, 5.74) is 3.91. The molecule has 1 aromatic rings. The van der Waals surface area contributed by atoms with Crippen molar-refractivity contribution in [3.8, 4) is 5.75 Å². The normalized spacial score (nSPS) is 8.47. The van der Waals surface area contributed by atoms with Gasteiger partial charge >= 0.3 is 12.2 Å². The molecule has 0 aromatic heterocycles. The van der Waals surface area contributed by atoms with Gasteiger partial charge in [-0.2, -0.15) is 0 Å². The summed E-state index contributed by atoms with van der Waals surface area (Å²) in [6, 6.07) is 4.76. The fraction of sp³-hybridized carbons (Fsp3) is 0. The summed E-state index contributed by atoms with van der Waals surface area (Å²) < 4.78 is 4.24. The Morgan fingerprint density at radius 1 is 1.24 bits per heavy atom. The van der Waals surface area contributed by atoms with Crippen LogP contribution in [0.2, 0.25) is 0 Å². The standard InChI is InChI=1S/C7H5NO5.CH3NO2/c9-7(10)13-6-3-1-5(2-4-6)8(11)12;2-1(3)4/h1-4H,(H,9,10);2H2,(H,3,4). The molecule has 0 bridgehead atoms. The SMILES string of the molecule is NC(=O)O.O=C(O)Oc1ccc([N+](=O)[O-])cc1. The Kier molecular flexibility index (Phi) is 5.50. The van der Waals surface area contributed by atoms with Crippen molar-refractivity contribution in [1.29, 1.82) is 0 Å². The number of benzene rings is 1. The summed E-state index contributed by atoms with van der Waals surface area (Å²) in [6.07, 6.45) is -2.78. The van der Waals surface area contributed by atoms with Crippen LogP contribution in [0.4, 0.5) is 15.3 Å². The fourth-order valence-corrected chi connectivity index (χ4v) is 0.737. The highest BCUT2D eigenvalue weighted by atomic mass is 16.7. The van der Waals surface area contributed by atoms with Gasteiger partial charge in [0.1, 0.15) is 5.75 Å². The van der Waals surface area contributed by atoms with Crippen molar-refractivity contribution in [3.63, 3.8) is 0 Å². The lowest BCUT2D eigenvalue weighted by molar-refractivity contribution is -0.384. The lowest BCUT2D eigenvalue weighted by Crippen LogP contribution is -2.03. The minimum absolute atomic E-state index is 0.0538. The zero-order valence-electron chi connectivity index (χ0n) is 8.27. The maximum Gasteiger partial charge on any atom is 0.511 e. The van der Waals surface area contributed by atoms with Gasteiger partial charge < -0.3 is 20.7 Å². The number of hydrogen-bond acceptors (Lipinski definition) is 5. The predicted molar refractivity (Wildman–Crippen MR) is 54.0 cm³/mol. The van der Waals surface area contributed by atoms with Crippen LogP contribution in [0.5, 0.6) is 5.75 Å². The van der Waals surface area contributed by atoms with Crippen LogP contribution >= 0.6 is 0 Å². The molecule has 0 aliphatic rings. The second-order valence-corrected chi connectivity index (χ2v) is 2.46. The molecule has 0 atom stereocenters. The Labute approximate surface area is 94.2 Å². The molecule has 0 saturated heterocycles. The number of carbonyl (C=O) groups is 2. The second-order valence-electron chi connectivity index (χ2n) is 2.46. The van der Waals surface area contributed by atoms with E-state index in [1.807, 2.05) is 0 Å². The summed E-state index contributed by atoms with van der Waals surface area (Å²) in [7, 11) is 0. The number of nitro benzene ring substituents is 1. The van der Waals surface area contributed by atoms with Crippen LogP contribution in [-0.4, -0.2) is 27.4 Å². The van der Waals surface area contributed by atoms with E-state index in [2.05, 4.69) is 10.5 Å². The third kappa shape index (κ3) is 7.13. The van der Waals surface area contributed by atoms with E-state index >= 15 is 0 Å². The molecule has 17 heavy (non-hydrogen) atoms. The fourth-order valence-electron chi connectivity index (χ4n) is 0.737. The average molecular weight is 244 g/mol. The van der Waals surface area contributed by atoms with Gasteiger partial charge in [-0.1, -0.05) is 0 Å². The molecule has 0 heterocycles. The van der Waals surface area contributed by atoms with Gasteiger partial charge in [0.05, 0.1) is 4.92 Å². The summed E-state index contributed by atoms with van der Waals surface area (Å²) >= 11 is 0. The predicted octanol–water partition coefficient (Wildman–Crippen LogP) is 1.27. The number of hydrogen-bond donors (Lipinski definition) is 3. The van der Waals surface area contributed by atoms with Gasteiger partial charge in [-0.3, -0.25) is 10.1 Å². The Bertz CT molecular complexity index is 410. The lowest BCUT2D eigenvalue weighted by Gasteiger charge is -1.97. The number of rotatable bonds is 2. The molecule has 0 aliphatic heterocycles. The van der Waals surface area contributed by atoms with E-state index in [0.717, 1.165) is 12.1 Å². The molecule has 4 N–H and O–H groups in total. The van der Waals surface area contributed by atoms with Crippen LogP contribution < -0.4 is 10.5 Å². The molecular weight excluding hydrogens is 236 g/mol. The molecule has 92 valence electrons. The number of nitro groups is 1. The highest BCUT2D eigenvalue weighted by Gasteiger charge is 2.05. The zero-order chi connectivity index (χ0) is 13.4. The van der Waals surface area contributed by atoms with Crippen molar-refractivity contribution < 1.29 is 29.5 Å². The molecular formula is C8H8N2O7. The molecule has 1 amide bonds. The molecule has 0 radical (unpaired) electrons. The van der Waals surface area contributed by atoms with E-state index in [0.29, 0.717) is 0 Å². The smallest absolute Gasteiger partial charge is 0.465 e. The molecule has 1 aromatic carbocycles. The van der Waals surface area contributed by atoms with Crippen molar-refractivity contribution in [1.82, 2.24) is 0 Å². The molecule has 0 spiro atoms. The van der Waals surface area contributed by atoms with E-state index in [9.17, 15) is 14.9 Å². The van der Waals surface area contributed by atoms with Crippen molar-refractivity contribution in [2.24, 2.45) is 5.73 Å². The molecule has 1 rings (SSSR count). The van der Waals surface area contributed by atoms with Crippen molar-refractivity contribution in [2.75, 3.05) is 0 Å². The van der Waals surface area contributed by atoms with Gasteiger partial charge in [0, 0.05) is 12.1 Å². The van der Waals surface area contributed by atoms with Crippen molar-refractivity contribution in [3.05, 3.63) is 34.4 Å². The van der Waals surface area contributed by atoms with Crippen LogP contribution in [0, 0.1) is 10.1 Å². The van der Waals surface area contributed by atoms with E-state index in [-0.39, 0.29) is 11.4 Å². The number of nitrogens with two attached hydrogens (primary N) is 1. The molecule has 9 heteroatoms. The summed E-state index contributed by atoms with van der Waals surface area (Å²) in [6.45, 7) is 0. The van der Waals surface area contributed by atoms with Crippen LogP contribution in [0.25, 0.3) is 0 Å². The minimum Gasteiger partial charge on any atom is -0.465 e. The van der Waals surface area contributed by atoms with Crippen LogP contribution in [0.1, 0.15) is 0 Å². The van der Waals surface area contributed by atoms with Crippen LogP contribution in [-0.2, 0) is 0 Å². The largest absolute Gasteiger partial charge is 0.511 e.